The second-order valence-electron chi connectivity index (χ2n) is 5.81. The number of urea groups is 1. The van der Waals surface area contributed by atoms with Gasteiger partial charge in [0.25, 0.3) is 0 Å². The molecule has 0 aromatic carbocycles. The molecule has 126 valence electrons. The van der Waals surface area contributed by atoms with Crippen LogP contribution in [0.4, 0.5) is 10.7 Å². The number of rotatable bonds is 5. The maximum absolute atomic E-state index is 12.1. The lowest BCUT2D eigenvalue weighted by molar-refractivity contribution is 0.235. The molecule has 2 aromatic heterocycles. The lowest BCUT2D eigenvalue weighted by Gasteiger charge is -2.33. The molecule has 1 saturated heterocycles. The Hall–Kier alpha value is -2.70. The van der Waals surface area contributed by atoms with E-state index in [1.165, 1.54) is 0 Å². The summed E-state index contributed by atoms with van der Waals surface area (Å²) in [5.74, 6) is 0.722. The fourth-order valence-corrected chi connectivity index (χ4v) is 2.82. The number of hydrogen-bond donors (Lipinski definition) is 2. The smallest absolute Gasteiger partial charge is 0.315 e. The van der Waals surface area contributed by atoms with Gasteiger partial charge in [0.15, 0.2) is 0 Å². The van der Waals surface area contributed by atoms with Crippen LogP contribution in [0.1, 0.15) is 18.5 Å². The summed E-state index contributed by atoms with van der Waals surface area (Å²) >= 11 is 0. The zero-order chi connectivity index (χ0) is 16.6. The number of carbonyl (C=O) groups is 1. The monoisotopic (exact) mass is 326 g/mol. The number of aromatic nitrogens is 3. The van der Waals surface area contributed by atoms with E-state index in [9.17, 15) is 4.79 Å². The first-order valence-corrected chi connectivity index (χ1v) is 8.27. The van der Waals surface area contributed by atoms with Crippen molar-refractivity contribution in [2.24, 2.45) is 0 Å². The van der Waals surface area contributed by atoms with E-state index in [4.69, 9.17) is 0 Å². The second-order valence-corrected chi connectivity index (χ2v) is 5.81. The molecule has 0 bridgehead atoms. The van der Waals surface area contributed by atoms with Crippen molar-refractivity contribution in [1.29, 1.82) is 0 Å². The van der Waals surface area contributed by atoms with Gasteiger partial charge in [0.2, 0.25) is 5.95 Å². The van der Waals surface area contributed by atoms with Crippen LogP contribution in [-0.4, -0.2) is 46.7 Å². The van der Waals surface area contributed by atoms with E-state index < -0.39 is 0 Å². The Balaban J connectivity index is 1.42. The molecule has 0 saturated carbocycles. The van der Waals surface area contributed by atoms with Gasteiger partial charge in [0, 0.05) is 56.4 Å². The Morgan fingerprint density at radius 2 is 2.00 bits per heavy atom. The molecule has 24 heavy (non-hydrogen) atoms. The molecule has 2 aromatic rings. The molecule has 3 heterocycles. The number of nitrogens with one attached hydrogen (secondary N) is 2. The van der Waals surface area contributed by atoms with Crippen molar-refractivity contribution >= 4 is 12.0 Å². The number of pyridine rings is 1. The average Bonchev–Trinajstić information content (AvgIpc) is 2.63. The molecule has 2 amide bonds. The lowest BCUT2D eigenvalue weighted by atomic mass is 10.1. The maximum Gasteiger partial charge on any atom is 0.315 e. The standard InChI is InChI=1S/C17H22N6O/c24-17(21-11-7-14-5-1-2-8-18-14)22-15-6-3-12-23(13-15)16-19-9-4-10-20-16/h1-2,4-5,8-10,15H,3,6-7,11-13H2,(H2,21,22,24)/t15-/m0/s1. The Morgan fingerprint density at radius 3 is 2.79 bits per heavy atom. The minimum atomic E-state index is -0.133. The van der Waals surface area contributed by atoms with Crippen LogP contribution in [-0.2, 0) is 6.42 Å². The van der Waals surface area contributed by atoms with Crippen LogP contribution in [0.5, 0.6) is 0 Å². The molecule has 2 N–H and O–H groups in total. The maximum atomic E-state index is 12.1. The molecule has 1 aliphatic rings. The largest absolute Gasteiger partial charge is 0.339 e. The minimum Gasteiger partial charge on any atom is -0.339 e. The predicted octanol–water partition coefficient (Wildman–Crippen LogP) is 1.38. The first kappa shape index (κ1) is 16.2. The Morgan fingerprint density at radius 1 is 1.17 bits per heavy atom. The summed E-state index contributed by atoms with van der Waals surface area (Å²) < 4.78 is 0. The lowest BCUT2D eigenvalue weighted by Crippen LogP contribution is -2.51. The molecular weight excluding hydrogens is 304 g/mol. The van der Waals surface area contributed by atoms with Crippen molar-refractivity contribution in [3.05, 3.63) is 48.5 Å². The third-order valence-electron chi connectivity index (χ3n) is 3.98. The number of nitrogens with zero attached hydrogens (tertiary/aromatic N) is 4. The Kier molecular flexibility index (Phi) is 5.55. The Labute approximate surface area is 141 Å². The molecule has 0 unspecified atom stereocenters. The average molecular weight is 326 g/mol. The van der Waals surface area contributed by atoms with Gasteiger partial charge in [0.05, 0.1) is 0 Å². The highest BCUT2D eigenvalue weighted by Crippen LogP contribution is 2.15. The zero-order valence-electron chi connectivity index (χ0n) is 13.6. The van der Waals surface area contributed by atoms with Crippen LogP contribution in [0, 0.1) is 0 Å². The molecule has 7 nitrogen and oxygen atoms in total. The summed E-state index contributed by atoms with van der Waals surface area (Å²) in [5.41, 5.74) is 0.975. The summed E-state index contributed by atoms with van der Waals surface area (Å²) in [6, 6.07) is 7.57. The van der Waals surface area contributed by atoms with Gasteiger partial charge in [-0.2, -0.15) is 0 Å². The predicted molar refractivity (Wildman–Crippen MR) is 91.7 cm³/mol. The number of hydrogen-bond acceptors (Lipinski definition) is 5. The fourth-order valence-electron chi connectivity index (χ4n) is 2.82. The summed E-state index contributed by atoms with van der Waals surface area (Å²) in [5, 5.41) is 5.93. The first-order valence-electron chi connectivity index (χ1n) is 8.27. The van der Waals surface area contributed by atoms with Crippen molar-refractivity contribution in [3.8, 4) is 0 Å². The number of amides is 2. The SMILES string of the molecule is O=C(NCCc1ccccn1)N[C@H]1CCCN(c2ncccn2)C1. The third-order valence-corrected chi connectivity index (χ3v) is 3.98. The van der Waals surface area contributed by atoms with Crippen LogP contribution in [0.15, 0.2) is 42.9 Å². The van der Waals surface area contributed by atoms with Crippen LogP contribution in [0.2, 0.25) is 0 Å². The van der Waals surface area contributed by atoms with Crippen molar-refractivity contribution in [3.63, 3.8) is 0 Å². The highest BCUT2D eigenvalue weighted by molar-refractivity contribution is 5.74. The second kappa shape index (κ2) is 8.24. The van der Waals surface area contributed by atoms with E-state index in [2.05, 4.69) is 30.5 Å². The van der Waals surface area contributed by atoms with Gasteiger partial charge in [-0.05, 0) is 31.0 Å². The normalized spacial score (nSPS) is 17.3. The third kappa shape index (κ3) is 4.65. The fraction of sp³-hybridized carbons (Fsp3) is 0.412. The number of carbonyl (C=O) groups excluding carboxylic acids is 1. The molecule has 1 aliphatic heterocycles. The molecule has 0 spiro atoms. The molecular formula is C17H22N6O. The van der Waals surface area contributed by atoms with Gasteiger partial charge in [-0.1, -0.05) is 6.07 Å². The van der Waals surface area contributed by atoms with Crippen molar-refractivity contribution < 1.29 is 4.79 Å². The van der Waals surface area contributed by atoms with E-state index in [0.717, 1.165) is 44.0 Å². The van der Waals surface area contributed by atoms with E-state index in [1.54, 1.807) is 24.7 Å². The first-order chi connectivity index (χ1) is 11.8. The number of anilines is 1. The van der Waals surface area contributed by atoms with E-state index in [1.807, 2.05) is 18.2 Å². The highest BCUT2D eigenvalue weighted by atomic mass is 16.2. The minimum absolute atomic E-state index is 0.109. The summed E-state index contributed by atoms with van der Waals surface area (Å²) in [7, 11) is 0. The van der Waals surface area contributed by atoms with E-state index in [0.29, 0.717) is 6.54 Å². The Bertz CT molecular complexity index is 636. The highest BCUT2D eigenvalue weighted by Gasteiger charge is 2.22. The van der Waals surface area contributed by atoms with E-state index in [-0.39, 0.29) is 12.1 Å². The number of piperidine rings is 1. The van der Waals surface area contributed by atoms with Crippen molar-refractivity contribution in [2.75, 3.05) is 24.5 Å². The quantitative estimate of drug-likeness (QED) is 0.867. The summed E-state index contributed by atoms with van der Waals surface area (Å²) in [4.78, 5) is 27.0. The van der Waals surface area contributed by atoms with Gasteiger partial charge < -0.3 is 15.5 Å². The molecule has 3 rings (SSSR count). The van der Waals surface area contributed by atoms with Gasteiger partial charge in [-0.25, -0.2) is 14.8 Å². The van der Waals surface area contributed by atoms with Gasteiger partial charge >= 0.3 is 6.03 Å². The molecule has 0 aliphatic carbocycles. The topological polar surface area (TPSA) is 83.0 Å². The molecule has 7 heteroatoms. The molecule has 0 radical (unpaired) electrons. The molecule has 1 atom stereocenters. The van der Waals surface area contributed by atoms with Crippen LogP contribution in [0.25, 0.3) is 0 Å². The van der Waals surface area contributed by atoms with Gasteiger partial charge in [-0.3, -0.25) is 4.98 Å². The van der Waals surface area contributed by atoms with Gasteiger partial charge in [-0.15, -0.1) is 0 Å². The van der Waals surface area contributed by atoms with E-state index >= 15 is 0 Å². The van der Waals surface area contributed by atoms with Crippen LogP contribution >= 0.6 is 0 Å². The zero-order valence-corrected chi connectivity index (χ0v) is 13.6. The van der Waals surface area contributed by atoms with Crippen LogP contribution in [0.3, 0.4) is 0 Å². The summed E-state index contributed by atoms with van der Waals surface area (Å²) in [6.07, 6.45) is 7.95. The van der Waals surface area contributed by atoms with Crippen molar-refractivity contribution in [1.82, 2.24) is 25.6 Å². The van der Waals surface area contributed by atoms with Crippen LogP contribution < -0.4 is 15.5 Å². The molecule has 1 fully saturated rings. The van der Waals surface area contributed by atoms with Crippen molar-refractivity contribution in [2.45, 2.75) is 25.3 Å². The van der Waals surface area contributed by atoms with Gasteiger partial charge in [0.1, 0.15) is 0 Å². The summed E-state index contributed by atoms with van der Waals surface area (Å²) in [6.45, 7) is 2.22.